The molecule has 17 heteroatoms. The number of ketones is 1. The number of carbonyl (C=O) groups is 5. The van der Waals surface area contributed by atoms with Crippen LogP contribution in [0.15, 0.2) is 97.2 Å². The van der Waals surface area contributed by atoms with E-state index >= 15 is 0 Å². The Bertz CT molecular complexity index is 2900. The third-order valence-electron chi connectivity index (χ3n) is 13.0. The van der Waals surface area contributed by atoms with Crippen LogP contribution in [0.3, 0.4) is 0 Å². The molecule has 1 atom stereocenters. The molecule has 1 unspecified atom stereocenters. The molecule has 2 fully saturated rings. The summed E-state index contributed by atoms with van der Waals surface area (Å²) in [6.07, 6.45) is 7.14. The minimum Gasteiger partial charge on any atom is -0.383 e. The average Bonchev–Trinajstić information content (AvgIpc) is 3.85. The van der Waals surface area contributed by atoms with Gasteiger partial charge in [0.15, 0.2) is 11.5 Å². The molecule has 3 aromatic carbocycles. The lowest BCUT2D eigenvalue weighted by molar-refractivity contribution is -0.136. The van der Waals surface area contributed by atoms with Gasteiger partial charge in [0.2, 0.25) is 11.8 Å². The number of nitrogen functional groups attached to an aromatic ring is 1. The van der Waals surface area contributed by atoms with Crippen molar-refractivity contribution >= 4 is 52.1 Å². The monoisotopic (exact) mass is 933 g/mol. The molecule has 1 aliphatic carbocycles. The number of rotatable bonds is 22. The molecule has 3 aliphatic rings. The van der Waals surface area contributed by atoms with Crippen LogP contribution in [0.2, 0.25) is 0 Å². The molecule has 3 aromatic heterocycles. The normalized spacial score (nSPS) is 16.4. The van der Waals surface area contributed by atoms with E-state index < -0.39 is 29.7 Å². The van der Waals surface area contributed by atoms with Crippen molar-refractivity contribution in [2.75, 3.05) is 57.2 Å². The van der Waals surface area contributed by atoms with Crippen molar-refractivity contribution in [3.63, 3.8) is 0 Å². The van der Waals surface area contributed by atoms with Gasteiger partial charge in [0.05, 0.1) is 62.0 Å². The molecule has 1 saturated heterocycles. The maximum Gasteiger partial charge on any atom is 0.264 e. The first kappa shape index (κ1) is 46.9. The number of hydrogen-bond donors (Lipinski definition) is 4. The maximum absolute atomic E-state index is 13.3. The van der Waals surface area contributed by atoms with E-state index in [0.717, 1.165) is 69.7 Å². The van der Waals surface area contributed by atoms with Crippen LogP contribution < -0.4 is 22.1 Å². The number of Topliss-reactive ketones (excluding diaryl/α,β-unsaturated/α-hetero) is 1. The number of nitrogens with two attached hydrogens (primary N) is 2. The second-order valence-corrected chi connectivity index (χ2v) is 17.6. The molecule has 9 rings (SSSR count). The van der Waals surface area contributed by atoms with Crippen molar-refractivity contribution in [3.05, 3.63) is 119 Å². The van der Waals surface area contributed by atoms with Gasteiger partial charge >= 0.3 is 0 Å². The van der Waals surface area contributed by atoms with Gasteiger partial charge in [0.1, 0.15) is 23.2 Å². The molecule has 6 aromatic rings. The minimum absolute atomic E-state index is 0.0548. The zero-order valence-electron chi connectivity index (χ0n) is 38.3. The van der Waals surface area contributed by atoms with Gasteiger partial charge in [0.25, 0.3) is 11.8 Å². The quantitative estimate of drug-likeness (QED) is 0.0458. The zero-order chi connectivity index (χ0) is 47.9. The summed E-state index contributed by atoms with van der Waals surface area (Å²) >= 11 is 0. The predicted molar refractivity (Wildman–Crippen MR) is 258 cm³/mol. The number of ether oxygens (including phenoxy) is 3. The van der Waals surface area contributed by atoms with E-state index in [1.165, 1.54) is 0 Å². The molecule has 2 aliphatic heterocycles. The van der Waals surface area contributed by atoms with E-state index in [2.05, 4.69) is 52.0 Å². The number of pyridine rings is 2. The number of imide groups is 2. The highest BCUT2D eigenvalue weighted by Gasteiger charge is 2.45. The molecule has 356 valence electrons. The third-order valence-corrected chi connectivity index (χ3v) is 13.0. The van der Waals surface area contributed by atoms with Crippen molar-refractivity contribution in [2.45, 2.75) is 69.4 Å². The highest BCUT2D eigenvalue weighted by molar-refractivity contribution is 6.25. The van der Waals surface area contributed by atoms with E-state index in [4.69, 9.17) is 35.6 Å². The van der Waals surface area contributed by atoms with Gasteiger partial charge in [0, 0.05) is 54.5 Å². The van der Waals surface area contributed by atoms with E-state index in [0.29, 0.717) is 88.4 Å². The zero-order valence-corrected chi connectivity index (χ0v) is 38.3. The Morgan fingerprint density at radius 1 is 0.812 bits per heavy atom. The highest BCUT2D eigenvalue weighted by Crippen LogP contribution is 2.40. The molecule has 1 saturated carbocycles. The molecule has 0 radical (unpaired) electrons. The summed E-state index contributed by atoms with van der Waals surface area (Å²) in [4.78, 5) is 78.4. The first-order valence-corrected chi connectivity index (χ1v) is 23.5. The number of benzene rings is 3. The molecule has 0 bridgehead atoms. The van der Waals surface area contributed by atoms with Crippen molar-refractivity contribution in [2.24, 2.45) is 5.73 Å². The number of carbonyl (C=O) groups excluding carboxylic acids is 5. The van der Waals surface area contributed by atoms with Crippen LogP contribution in [0.4, 0.5) is 11.5 Å². The number of anilines is 2. The number of fused-ring (bicyclic) bond motifs is 2. The molecular formula is C52H55N9O8. The molecule has 6 N–H and O–H groups in total. The Morgan fingerprint density at radius 3 is 2.32 bits per heavy atom. The maximum atomic E-state index is 13.3. The van der Waals surface area contributed by atoms with Crippen LogP contribution in [0.5, 0.6) is 0 Å². The second kappa shape index (κ2) is 21.0. The lowest BCUT2D eigenvalue weighted by atomic mass is 9.73. The molecule has 69 heavy (non-hydrogen) atoms. The lowest BCUT2D eigenvalue weighted by Gasteiger charge is -2.38. The molecule has 5 heterocycles. The van der Waals surface area contributed by atoms with Gasteiger partial charge in [-0.05, 0) is 104 Å². The first-order chi connectivity index (χ1) is 33.6. The van der Waals surface area contributed by atoms with Gasteiger partial charge in [-0.2, -0.15) is 0 Å². The Morgan fingerprint density at radius 2 is 1.57 bits per heavy atom. The van der Waals surface area contributed by atoms with Gasteiger partial charge < -0.3 is 31.0 Å². The Balaban J connectivity index is 0.681. The van der Waals surface area contributed by atoms with Crippen LogP contribution >= 0.6 is 0 Å². The number of aromatic nitrogens is 4. The summed E-state index contributed by atoms with van der Waals surface area (Å²) in [5, 5.41) is 5.35. The molecular weight excluding hydrogens is 879 g/mol. The van der Waals surface area contributed by atoms with Crippen molar-refractivity contribution in [1.29, 1.82) is 0 Å². The number of nitrogens with one attached hydrogen (secondary N) is 2. The first-order valence-electron chi connectivity index (χ1n) is 23.5. The third kappa shape index (κ3) is 10.3. The summed E-state index contributed by atoms with van der Waals surface area (Å²) in [7, 11) is 0. The van der Waals surface area contributed by atoms with E-state index in [-0.39, 0.29) is 35.3 Å². The van der Waals surface area contributed by atoms with Crippen molar-refractivity contribution < 1.29 is 38.2 Å². The minimum atomic E-state index is -1.03. The Kier molecular flexibility index (Phi) is 14.3. The molecule has 17 nitrogen and oxygen atoms in total. The highest BCUT2D eigenvalue weighted by atomic mass is 16.5. The predicted octanol–water partition coefficient (Wildman–Crippen LogP) is 5.91. The van der Waals surface area contributed by atoms with Gasteiger partial charge in [-0.25, -0.2) is 15.0 Å². The Labute approximate surface area is 398 Å². The van der Waals surface area contributed by atoms with Crippen LogP contribution in [-0.4, -0.2) is 106 Å². The summed E-state index contributed by atoms with van der Waals surface area (Å²) in [5.74, 6) is -1.02. The van der Waals surface area contributed by atoms with Crippen LogP contribution in [0.25, 0.3) is 39.5 Å². The largest absolute Gasteiger partial charge is 0.383 e. The smallest absolute Gasteiger partial charge is 0.264 e. The summed E-state index contributed by atoms with van der Waals surface area (Å²) in [6, 6.07) is 28.2. The summed E-state index contributed by atoms with van der Waals surface area (Å²) in [6.45, 7) is 2.39. The fourth-order valence-corrected chi connectivity index (χ4v) is 9.09. The number of hydrogen-bond acceptors (Lipinski definition) is 14. The standard InChI is InChI=1S/C52H55N9O8/c53-46-39(11-4-24-56-46)47-58-42-18-17-40(57-48(42)60(47)36-15-13-35(14-16-36)52(54)22-5-23-52)34-8-1-6-33(32-34)7-2-9-37(62)21-26-67-28-30-69-31-29-68-27-25-55-41-12-3-10-38-45(41)51(66)61(50(38)65)43-19-20-44(63)59-49(43)64/h1,3-4,6,8,10-18,24,32,43,55H,2,5,7,9,19-23,25-31,54H2,(H2,53,56)(H,59,63,64). The number of nitrogens with zero attached hydrogens (tertiary/aromatic N) is 5. The topological polar surface area (TPSA) is 236 Å². The van der Waals surface area contributed by atoms with Gasteiger partial charge in [-0.1, -0.05) is 36.4 Å². The number of amides is 4. The van der Waals surface area contributed by atoms with Crippen LogP contribution in [-0.2, 0) is 40.6 Å². The number of aryl methyl sites for hydroxylation is 1. The fourth-order valence-electron chi connectivity index (χ4n) is 9.09. The van der Waals surface area contributed by atoms with E-state index in [1.54, 1.807) is 24.4 Å². The SMILES string of the molecule is Nc1ncccc1-c1nc2ccc(-c3cccc(CCCC(=O)CCOCCOCCOCCNc4cccc5c4C(=O)N(C4CCC(=O)NC4=O)C5=O)c3)nc2n1-c1ccc(C2(N)CCC2)cc1. The van der Waals surface area contributed by atoms with Gasteiger partial charge in [-0.3, -0.25) is 38.8 Å². The summed E-state index contributed by atoms with van der Waals surface area (Å²) in [5.41, 5.74) is 20.7. The number of imidazole rings is 1. The Hall–Kier alpha value is -7.18. The van der Waals surface area contributed by atoms with Crippen LogP contribution in [0, 0.1) is 0 Å². The molecule has 0 spiro atoms. The lowest BCUT2D eigenvalue weighted by Crippen LogP contribution is -2.54. The number of piperidine rings is 1. The van der Waals surface area contributed by atoms with Crippen molar-refractivity contribution in [1.82, 2.24) is 29.7 Å². The fraction of sp³-hybridized carbons (Fsp3) is 0.346. The average molecular weight is 934 g/mol. The van der Waals surface area contributed by atoms with E-state index in [1.807, 2.05) is 41.0 Å². The second-order valence-electron chi connectivity index (χ2n) is 17.6. The summed E-state index contributed by atoms with van der Waals surface area (Å²) < 4.78 is 18.9. The van der Waals surface area contributed by atoms with E-state index in [9.17, 15) is 24.0 Å². The van der Waals surface area contributed by atoms with Crippen LogP contribution in [0.1, 0.15) is 83.2 Å². The molecule has 4 amide bonds. The van der Waals surface area contributed by atoms with Gasteiger partial charge in [-0.15, -0.1) is 0 Å². The van der Waals surface area contributed by atoms with Crippen molar-refractivity contribution in [3.8, 4) is 28.3 Å².